The third-order valence-corrected chi connectivity index (χ3v) is 5.23. The number of nitrogens with one attached hydrogen (secondary N) is 1. The van der Waals surface area contributed by atoms with E-state index in [1.807, 2.05) is 6.07 Å². The van der Waals surface area contributed by atoms with E-state index in [2.05, 4.69) is 5.32 Å². The van der Waals surface area contributed by atoms with E-state index in [1.165, 1.54) is 48.2 Å². The normalized spacial score (nSPS) is 11.8. The number of halogens is 2. The molecule has 8 heteroatoms. The largest absolute Gasteiger partial charge is 0.452 e. The van der Waals surface area contributed by atoms with E-state index in [-0.39, 0.29) is 5.75 Å². The first-order chi connectivity index (χ1) is 11.4. The van der Waals surface area contributed by atoms with Crippen molar-refractivity contribution in [2.24, 2.45) is 0 Å². The van der Waals surface area contributed by atoms with E-state index < -0.39 is 23.8 Å². The van der Waals surface area contributed by atoms with E-state index in [0.29, 0.717) is 15.8 Å². The zero-order valence-electron chi connectivity index (χ0n) is 12.8. The van der Waals surface area contributed by atoms with Gasteiger partial charge in [0.1, 0.15) is 5.82 Å². The minimum absolute atomic E-state index is 0.132. The lowest BCUT2D eigenvalue weighted by atomic mass is 10.3. The topological polar surface area (TPSA) is 55.4 Å². The monoisotopic (exact) mass is 387 g/mol. The Morgan fingerprint density at radius 2 is 2.17 bits per heavy atom. The van der Waals surface area contributed by atoms with Crippen molar-refractivity contribution in [1.29, 1.82) is 0 Å². The maximum Gasteiger partial charge on any atom is 0.316 e. The molecule has 0 saturated heterocycles. The lowest BCUT2D eigenvalue weighted by molar-refractivity contribution is -0.150. The molecule has 4 nitrogen and oxygen atoms in total. The number of carbonyl (C=O) groups excluding carboxylic acids is 2. The molecule has 0 aliphatic rings. The van der Waals surface area contributed by atoms with Gasteiger partial charge in [0.05, 0.1) is 10.1 Å². The third-order valence-electron chi connectivity index (χ3n) is 2.86. The van der Waals surface area contributed by atoms with Crippen LogP contribution in [0.2, 0.25) is 4.34 Å². The van der Waals surface area contributed by atoms with Crippen molar-refractivity contribution in [2.45, 2.75) is 18.8 Å². The molecule has 1 amide bonds. The Labute approximate surface area is 152 Å². The average molecular weight is 388 g/mol. The number of amides is 1. The molecule has 1 N–H and O–H groups in total. The number of rotatable bonds is 7. The van der Waals surface area contributed by atoms with Crippen molar-refractivity contribution >= 4 is 52.3 Å². The quantitative estimate of drug-likeness (QED) is 0.718. The highest BCUT2D eigenvalue weighted by molar-refractivity contribution is 7.99. The van der Waals surface area contributed by atoms with Gasteiger partial charge in [-0.3, -0.25) is 9.59 Å². The molecule has 0 unspecified atom stereocenters. The summed E-state index contributed by atoms with van der Waals surface area (Å²) < 4.78 is 18.8. The number of hydrogen-bond donors (Lipinski definition) is 1. The number of esters is 1. The molecule has 0 aliphatic heterocycles. The molecule has 2 aromatic rings. The van der Waals surface area contributed by atoms with Crippen molar-refractivity contribution < 1.29 is 18.7 Å². The van der Waals surface area contributed by atoms with E-state index in [9.17, 15) is 14.0 Å². The van der Waals surface area contributed by atoms with Crippen LogP contribution in [0.3, 0.4) is 0 Å². The zero-order valence-corrected chi connectivity index (χ0v) is 15.1. The molecule has 1 heterocycles. The first-order valence-electron chi connectivity index (χ1n) is 7.02. The Balaban J connectivity index is 1.73. The second-order valence-electron chi connectivity index (χ2n) is 4.83. The van der Waals surface area contributed by atoms with E-state index in [0.717, 1.165) is 4.88 Å². The van der Waals surface area contributed by atoms with Crippen molar-refractivity contribution in [2.75, 3.05) is 11.1 Å². The van der Waals surface area contributed by atoms with Crippen LogP contribution in [-0.2, 0) is 20.1 Å². The van der Waals surface area contributed by atoms with Gasteiger partial charge in [0.15, 0.2) is 6.10 Å². The summed E-state index contributed by atoms with van der Waals surface area (Å²) >= 11 is 8.67. The van der Waals surface area contributed by atoms with Gasteiger partial charge in [-0.1, -0.05) is 17.7 Å². The fourth-order valence-corrected chi connectivity index (χ4v) is 3.76. The summed E-state index contributed by atoms with van der Waals surface area (Å²) in [7, 11) is 0. The molecule has 0 spiro atoms. The van der Waals surface area contributed by atoms with Gasteiger partial charge in [-0.2, -0.15) is 0 Å². The van der Waals surface area contributed by atoms with Crippen LogP contribution in [0.15, 0.2) is 36.4 Å². The summed E-state index contributed by atoms with van der Waals surface area (Å²) in [5.74, 6) is -0.667. The summed E-state index contributed by atoms with van der Waals surface area (Å²) in [6, 6.07) is 9.21. The summed E-state index contributed by atoms with van der Waals surface area (Å²) in [5.41, 5.74) is 0.312. The highest BCUT2D eigenvalue weighted by atomic mass is 35.5. The lowest BCUT2D eigenvalue weighted by Gasteiger charge is -2.13. The Bertz CT molecular complexity index is 723. The van der Waals surface area contributed by atoms with Gasteiger partial charge < -0.3 is 10.1 Å². The first kappa shape index (κ1) is 18.8. The van der Waals surface area contributed by atoms with Crippen LogP contribution in [0.4, 0.5) is 10.1 Å². The molecular weight excluding hydrogens is 373 g/mol. The molecule has 128 valence electrons. The van der Waals surface area contributed by atoms with Crippen molar-refractivity contribution in [3.05, 3.63) is 51.4 Å². The van der Waals surface area contributed by atoms with Crippen LogP contribution in [0, 0.1) is 5.82 Å². The second kappa shape index (κ2) is 9.05. The van der Waals surface area contributed by atoms with E-state index in [4.69, 9.17) is 16.3 Å². The SMILES string of the molecule is C[C@@H](OC(=O)CSCc1ccc(Cl)s1)C(=O)Nc1cccc(F)c1. The van der Waals surface area contributed by atoms with Crippen LogP contribution >= 0.6 is 34.7 Å². The first-order valence-corrected chi connectivity index (χ1v) is 9.37. The Morgan fingerprint density at radius 1 is 1.38 bits per heavy atom. The number of carbonyl (C=O) groups is 2. The highest BCUT2D eigenvalue weighted by Gasteiger charge is 2.18. The molecule has 0 fully saturated rings. The van der Waals surface area contributed by atoms with Crippen LogP contribution in [0.1, 0.15) is 11.8 Å². The number of thioether (sulfide) groups is 1. The fourth-order valence-electron chi connectivity index (χ4n) is 1.76. The predicted octanol–water partition coefficient (Wildman–Crippen LogP) is 4.34. The number of ether oxygens (including phenoxy) is 1. The molecule has 1 aromatic heterocycles. The smallest absolute Gasteiger partial charge is 0.316 e. The lowest BCUT2D eigenvalue weighted by Crippen LogP contribution is -2.30. The molecule has 0 saturated carbocycles. The van der Waals surface area contributed by atoms with E-state index in [1.54, 1.807) is 12.1 Å². The summed E-state index contributed by atoms with van der Waals surface area (Å²) in [4.78, 5) is 24.7. The van der Waals surface area contributed by atoms with Crippen LogP contribution in [0.25, 0.3) is 0 Å². The van der Waals surface area contributed by atoms with Gasteiger partial charge in [-0.25, -0.2) is 4.39 Å². The van der Waals surface area contributed by atoms with Crippen molar-refractivity contribution in [3.63, 3.8) is 0 Å². The molecule has 1 atom stereocenters. The van der Waals surface area contributed by atoms with Gasteiger partial charge in [0.25, 0.3) is 5.91 Å². The van der Waals surface area contributed by atoms with Gasteiger partial charge in [0.2, 0.25) is 0 Å². The maximum absolute atomic E-state index is 13.1. The fraction of sp³-hybridized carbons (Fsp3) is 0.250. The predicted molar refractivity (Wildman–Crippen MR) is 96.1 cm³/mol. The van der Waals surface area contributed by atoms with Gasteiger partial charge in [-0.15, -0.1) is 23.1 Å². The molecule has 1 aromatic carbocycles. The molecule has 2 rings (SSSR count). The Morgan fingerprint density at radius 3 is 2.83 bits per heavy atom. The number of anilines is 1. The highest BCUT2D eigenvalue weighted by Crippen LogP contribution is 2.25. The summed E-state index contributed by atoms with van der Waals surface area (Å²) in [6.45, 7) is 1.47. The van der Waals surface area contributed by atoms with Gasteiger partial charge in [-0.05, 0) is 37.3 Å². The zero-order chi connectivity index (χ0) is 17.5. The van der Waals surface area contributed by atoms with Crippen LogP contribution in [0.5, 0.6) is 0 Å². The number of thiophene rings is 1. The third kappa shape index (κ3) is 6.14. The molecule has 0 bridgehead atoms. The molecular formula is C16H15ClFNO3S2. The van der Waals surface area contributed by atoms with Crippen molar-refractivity contribution in [3.8, 4) is 0 Å². The maximum atomic E-state index is 13.1. The Kier molecular flexibility index (Phi) is 7.08. The molecule has 0 radical (unpaired) electrons. The minimum atomic E-state index is -0.961. The van der Waals surface area contributed by atoms with Crippen molar-refractivity contribution in [1.82, 2.24) is 0 Å². The number of benzene rings is 1. The second-order valence-corrected chi connectivity index (χ2v) is 7.62. The van der Waals surface area contributed by atoms with Gasteiger partial charge >= 0.3 is 5.97 Å². The van der Waals surface area contributed by atoms with Crippen LogP contribution in [-0.4, -0.2) is 23.7 Å². The Hall–Kier alpha value is -1.57. The standard InChI is InChI=1S/C16H15ClFNO3S2/c1-10(16(21)19-12-4-2-3-11(18)7-12)22-15(20)9-23-8-13-5-6-14(17)24-13/h2-7,10H,8-9H2,1H3,(H,19,21)/t10-/m1/s1. The summed E-state index contributed by atoms with van der Waals surface area (Å²) in [5, 5.41) is 2.50. The average Bonchev–Trinajstić information content (AvgIpc) is 2.92. The summed E-state index contributed by atoms with van der Waals surface area (Å²) in [6.07, 6.45) is -0.961. The van der Waals surface area contributed by atoms with E-state index >= 15 is 0 Å². The molecule has 0 aliphatic carbocycles. The van der Waals surface area contributed by atoms with Crippen LogP contribution < -0.4 is 5.32 Å². The molecule has 24 heavy (non-hydrogen) atoms. The van der Waals surface area contributed by atoms with Gasteiger partial charge in [0, 0.05) is 16.3 Å². The minimum Gasteiger partial charge on any atom is -0.452 e. The number of hydrogen-bond acceptors (Lipinski definition) is 5.